The number of nitrogens with one attached hydrogen (secondary N) is 2. The first-order chi connectivity index (χ1) is 18.0. The summed E-state index contributed by atoms with van der Waals surface area (Å²) in [5.41, 5.74) is 4.82. The molecule has 4 rings (SSSR count). The number of amides is 1. The molecule has 0 radical (unpaired) electrons. The van der Waals surface area contributed by atoms with Crippen LogP contribution in [0.4, 0.5) is 5.69 Å². The Balaban J connectivity index is 1.49. The molecular weight excluding hydrogens is 458 g/mol. The highest BCUT2D eigenvalue weighted by atomic mass is 16.5. The monoisotopic (exact) mass is 501 g/mol. The Morgan fingerprint density at radius 2 is 1.81 bits per heavy atom. The van der Waals surface area contributed by atoms with Gasteiger partial charge in [-0.2, -0.15) is 0 Å². The van der Waals surface area contributed by atoms with E-state index in [4.69, 9.17) is 10.1 Å². The van der Waals surface area contributed by atoms with E-state index in [1.165, 1.54) is 17.5 Å². The van der Waals surface area contributed by atoms with Crippen LogP contribution in [0.2, 0.25) is 0 Å². The first-order valence-electron chi connectivity index (χ1n) is 14.0. The Bertz CT molecular complexity index is 1090. The lowest BCUT2D eigenvalue weighted by Gasteiger charge is -2.35. The maximum atomic E-state index is 13.8. The van der Waals surface area contributed by atoms with Gasteiger partial charge in [0.15, 0.2) is 0 Å². The van der Waals surface area contributed by atoms with Crippen LogP contribution in [0.1, 0.15) is 80.4 Å². The molecule has 5 heteroatoms. The Morgan fingerprint density at radius 1 is 1.05 bits per heavy atom. The minimum absolute atomic E-state index is 0.125. The second-order valence-corrected chi connectivity index (χ2v) is 10.8. The number of methoxy groups -OCH3 is 1. The van der Waals surface area contributed by atoms with Gasteiger partial charge in [0.25, 0.3) is 0 Å². The van der Waals surface area contributed by atoms with E-state index in [0.29, 0.717) is 17.5 Å². The van der Waals surface area contributed by atoms with E-state index in [9.17, 15) is 4.79 Å². The average molecular weight is 502 g/mol. The summed E-state index contributed by atoms with van der Waals surface area (Å²) in [7, 11) is 3.56. The number of hydrogen-bond donors (Lipinski definition) is 2. The molecule has 2 aliphatic rings. The van der Waals surface area contributed by atoms with Crippen molar-refractivity contribution in [3.05, 3.63) is 71.4 Å². The Labute approximate surface area is 222 Å². The summed E-state index contributed by atoms with van der Waals surface area (Å²) in [4.78, 5) is 15.9. The number of benzene rings is 2. The van der Waals surface area contributed by atoms with Gasteiger partial charge in [-0.15, -0.1) is 0 Å². The molecule has 0 unspecified atom stereocenters. The highest BCUT2D eigenvalue weighted by molar-refractivity contribution is 6.07. The summed E-state index contributed by atoms with van der Waals surface area (Å²) in [5, 5.41) is 11.4. The summed E-state index contributed by atoms with van der Waals surface area (Å²) in [6.45, 7) is 2.89. The number of nitrogens with zero attached hydrogens (tertiary/aromatic N) is 1. The van der Waals surface area contributed by atoms with Crippen LogP contribution in [0.5, 0.6) is 5.75 Å². The third-order valence-corrected chi connectivity index (χ3v) is 8.28. The fourth-order valence-electron chi connectivity index (χ4n) is 6.09. The van der Waals surface area contributed by atoms with Crippen molar-refractivity contribution in [3.63, 3.8) is 0 Å². The number of allylic oxidation sites excluding steroid dienone is 1. The van der Waals surface area contributed by atoms with Crippen molar-refractivity contribution < 1.29 is 9.53 Å². The minimum Gasteiger partial charge on any atom is -0.496 e. The number of aryl methyl sites for hydroxylation is 1. The van der Waals surface area contributed by atoms with Crippen LogP contribution in [0.3, 0.4) is 0 Å². The third-order valence-electron chi connectivity index (χ3n) is 8.28. The van der Waals surface area contributed by atoms with Gasteiger partial charge in [-0.3, -0.25) is 4.79 Å². The smallest absolute Gasteiger partial charge is 0.230 e. The second kappa shape index (κ2) is 12.9. The summed E-state index contributed by atoms with van der Waals surface area (Å²) >= 11 is 0. The number of hydrogen-bond acceptors (Lipinski definition) is 4. The summed E-state index contributed by atoms with van der Waals surface area (Å²) in [6, 6.07) is 14.6. The van der Waals surface area contributed by atoms with Gasteiger partial charge in [0.1, 0.15) is 5.75 Å². The zero-order valence-electron chi connectivity index (χ0n) is 22.8. The van der Waals surface area contributed by atoms with E-state index in [0.717, 1.165) is 74.9 Å². The van der Waals surface area contributed by atoms with E-state index in [2.05, 4.69) is 35.3 Å². The van der Waals surface area contributed by atoms with Gasteiger partial charge < -0.3 is 20.4 Å². The number of rotatable bonds is 9. The molecule has 2 fully saturated rings. The number of carbonyl (C=O) groups is 1. The van der Waals surface area contributed by atoms with Crippen molar-refractivity contribution in [2.24, 2.45) is 11.8 Å². The number of carbonyl (C=O) groups excluding carboxylic acids is 1. The van der Waals surface area contributed by atoms with E-state index in [1.807, 2.05) is 31.3 Å². The quantitative estimate of drug-likeness (QED) is 0.364. The lowest BCUT2D eigenvalue weighted by Crippen LogP contribution is -2.41. The van der Waals surface area contributed by atoms with Crippen molar-refractivity contribution in [1.29, 1.82) is 5.41 Å². The molecule has 0 spiro atoms. The zero-order chi connectivity index (χ0) is 26.2. The topological polar surface area (TPSA) is 65.4 Å². The predicted octanol–water partition coefficient (Wildman–Crippen LogP) is 6.99. The summed E-state index contributed by atoms with van der Waals surface area (Å²) < 4.78 is 5.45. The molecule has 2 N–H and O–H groups in total. The van der Waals surface area contributed by atoms with Crippen molar-refractivity contribution in [3.8, 4) is 5.75 Å². The maximum Gasteiger partial charge on any atom is 0.230 e. The normalized spacial score (nSPS) is 20.5. The van der Waals surface area contributed by atoms with E-state index < -0.39 is 0 Å². The second-order valence-electron chi connectivity index (χ2n) is 10.8. The number of ether oxygens (including phenoxy) is 1. The van der Waals surface area contributed by atoms with Gasteiger partial charge in [-0.25, -0.2) is 0 Å². The molecule has 1 amide bonds. The van der Waals surface area contributed by atoms with Crippen LogP contribution >= 0.6 is 0 Å². The van der Waals surface area contributed by atoms with Crippen molar-refractivity contribution in [1.82, 2.24) is 5.32 Å². The van der Waals surface area contributed by atoms with Crippen molar-refractivity contribution >= 4 is 17.3 Å². The molecule has 0 atom stereocenters. The summed E-state index contributed by atoms with van der Waals surface area (Å²) in [6.07, 6.45) is 13.6. The highest BCUT2D eigenvalue weighted by Crippen LogP contribution is 2.38. The standard InChI is InChI=1S/C32H43N3O2/c1-23-20-27(16-17-31(23)37-3)25-14-12-24(13-15-25)22-35(32(36)26-8-5-4-6-9-26)29-11-7-10-28(21-29)30(33)18-19-34-2/h7,10-11,16-21,24-26,33-34H,4-6,8-9,12-15,22H2,1-3H3/b19-18-,33-30?. The Hall–Kier alpha value is -3.08. The largest absolute Gasteiger partial charge is 0.496 e. The molecule has 2 aliphatic carbocycles. The molecule has 0 saturated heterocycles. The molecule has 0 bridgehead atoms. The average Bonchev–Trinajstić information content (AvgIpc) is 2.95. The first kappa shape index (κ1) is 27.0. The van der Waals surface area contributed by atoms with Crippen LogP contribution in [-0.2, 0) is 4.79 Å². The van der Waals surface area contributed by atoms with Crippen molar-refractivity contribution in [2.45, 2.75) is 70.6 Å². The molecular formula is C32H43N3O2. The molecule has 2 aromatic carbocycles. The molecule has 5 nitrogen and oxygen atoms in total. The predicted molar refractivity (Wildman–Crippen MR) is 153 cm³/mol. The van der Waals surface area contributed by atoms with Crippen LogP contribution in [0.25, 0.3) is 0 Å². The Morgan fingerprint density at radius 3 is 2.49 bits per heavy atom. The van der Waals surface area contributed by atoms with Crippen LogP contribution < -0.4 is 15.0 Å². The molecule has 0 aromatic heterocycles. The van der Waals surface area contributed by atoms with Crippen LogP contribution in [0.15, 0.2) is 54.7 Å². The van der Waals surface area contributed by atoms with Gasteiger partial charge >= 0.3 is 0 Å². The zero-order valence-corrected chi connectivity index (χ0v) is 22.8. The third kappa shape index (κ3) is 6.82. The van der Waals surface area contributed by atoms with Gasteiger partial charge in [-0.1, -0.05) is 43.5 Å². The van der Waals surface area contributed by atoms with Gasteiger partial charge in [0.2, 0.25) is 5.91 Å². The molecule has 198 valence electrons. The fourth-order valence-corrected chi connectivity index (χ4v) is 6.09. The lowest BCUT2D eigenvalue weighted by atomic mass is 9.78. The maximum absolute atomic E-state index is 13.8. The number of anilines is 1. The van der Waals surface area contributed by atoms with Gasteiger partial charge in [0.05, 0.1) is 12.8 Å². The van der Waals surface area contributed by atoms with Crippen LogP contribution in [0, 0.1) is 24.2 Å². The fraction of sp³-hybridized carbons (Fsp3) is 0.500. The van der Waals surface area contributed by atoms with Gasteiger partial charge in [-0.05, 0) is 98.9 Å². The molecule has 2 saturated carbocycles. The minimum atomic E-state index is 0.125. The highest BCUT2D eigenvalue weighted by Gasteiger charge is 2.31. The Kier molecular flexibility index (Phi) is 9.43. The van der Waals surface area contributed by atoms with E-state index in [1.54, 1.807) is 19.4 Å². The van der Waals surface area contributed by atoms with Gasteiger partial charge in [0, 0.05) is 30.8 Å². The molecule has 0 aliphatic heterocycles. The van der Waals surface area contributed by atoms with E-state index >= 15 is 0 Å². The first-order valence-corrected chi connectivity index (χ1v) is 14.0. The summed E-state index contributed by atoms with van der Waals surface area (Å²) in [5.74, 6) is 2.43. The van der Waals surface area contributed by atoms with E-state index in [-0.39, 0.29) is 11.8 Å². The molecule has 37 heavy (non-hydrogen) atoms. The lowest BCUT2D eigenvalue weighted by molar-refractivity contribution is -0.123. The molecule has 0 heterocycles. The van der Waals surface area contributed by atoms with Crippen molar-refractivity contribution in [2.75, 3.05) is 25.6 Å². The van der Waals surface area contributed by atoms with Crippen LogP contribution in [-0.4, -0.2) is 32.3 Å². The molecule has 2 aromatic rings. The SMILES string of the molecule is CN/C=C\C(=N)c1cccc(N(CC2CCC(c3ccc(OC)c(C)c3)CC2)C(=O)C2CCCCC2)c1.